The monoisotopic (exact) mass is 1500 g/mol. The van der Waals surface area contributed by atoms with E-state index in [4.69, 9.17) is 37.0 Å². The van der Waals surface area contributed by atoms with Crippen LogP contribution in [0.3, 0.4) is 0 Å². The Bertz CT molecular complexity index is 2390. The molecule has 0 bridgehead atoms. The lowest BCUT2D eigenvalue weighted by Gasteiger charge is -2.21. The summed E-state index contributed by atoms with van der Waals surface area (Å²) >= 11 is 0. The van der Waals surface area contributed by atoms with Gasteiger partial charge in [-0.1, -0.05) is 304 Å². The maximum atomic E-state index is 13.1. The Kier molecular flexibility index (Phi) is 73.7. The second kappa shape index (κ2) is 76.9. The molecule has 0 rings (SSSR count). The number of hydrogen-bond acceptors (Lipinski definition) is 15. The van der Waals surface area contributed by atoms with Crippen molar-refractivity contribution >= 4 is 39.5 Å². The normalized spacial score (nSPS) is 14.4. The van der Waals surface area contributed by atoms with E-state index < -0.39 is 97.5 Å². The molecule has 0 aromatic carbocycles. The minimum Gasteiger partial charge on any atom is -0.462 e. The Labute approximate surface area is 632 Å². The summed E-state index contributed by atoms with van der Waals surface area (Å²) in [5.74, 6) is -2.21. The SMILES string of the molecule is CC/C=C\C/C=C\C/C=C\CCCCCCCC(=O)OCC(COP(=O)(O)OCC(O)COP(=O)(O)OCC(COC(=O)CCCCCCCC/C=C\C/C=C\C/C=C\CCCCC)OC(=O)CCCCCCCCCCCCCCCCC)OC(=O)CCCCCCC/C=C\C/C=C\C/C=C\CC. The van der Waals surface area contributed by atoms with Crippen LogP contribution in [0.15, 0.2) is 109 Å². The largest absolute Gasteiger partial charge is 0.472 e. The second-order valence-corrected chi connectivity index (χ2v) is 30.2. The molecular formula is C85H148O17P2. The number of carbonyl (C=O) groups is 4. The first kappa shape index (κ1) is 99.7. The van der Waals surface area contributed by atoms with Crippen LogP contribution in [0.5, 0.6) is 0 Å². The fraction of sp³-hybridized carbons (Fsp3) is 0.741. The molecule has 0 spiro atoms. The van der Waals surface area contributed by atoms with Crippen molar-refractivity contribution in [3.8, 4) is 0 Å². The summed E-state index contributed by atoms with van der Waals surface area (Å²) in [5.41, 5.74) is 0. The van der Waals surface area contributed by atoms with Crippen LogP contribution in [0.4, 0.5) is 0 Å². The van der Waals surface area contributed by atoms with E-state index in [-0.39, 0.29) is 25.7 Å². The van der Waals surface area contributed by atoms with Crippen LogP contribution in [-0.2, 0) is 65.4 Å². The van der Waals surface area contributed by atoms with Crippen molar-refractivity contribution in [3.63, 3.8) is 0 Å². The van der Waals surface area contributed by atoms with Gasteiger partial charge in [-0.25, -0.2) is 9.13 Å². The number of esters is 4. The average molecular weight is 1500 g/mol. The van der Waals surface area contributed by atoms with Gasteiger partial charge in [-0.15, -0.1) is 0 Å². The van der Waals surface area contributed by atoms with E-state index in [9.17, 15) is 43.2 Å². The minimum atomic E-state index is -4.99. The highest BCUT2D eigenvalue weighted by molar-refractivity contribution is 7.47. The molecule has 104 heavy (non-hydrogen) atoms. The second-order valence-electron chi connectivity index (χ2n) is 27.3. The highest BCUT2D eigenvalue weighted by atomic mass is 31.2. The Balaban J connectivity index is 5.37. The van der Waals surface area contributed by atoms with Gasteiger partial charge in [0.1, 0.15) is 19.3 Å². The van der Waals surface area contributed by atoms with Crippen LogP contribution < -0.4 is 0 Å². The lowest BCUT2D eigenvalue weighted by molar-refractivity contribution is -0.161. The van der Waals surface area contributed by atoms with E-state index >= 15 is 0 Å². The number of phosphoric ester groups is 2. The van der Waals surface area contributed by atoms with Crippen molar-refractivity contribution in [2.45, 2.75) is 367 Å². The Hall–Kier alpha value is -4.28. The number of allylic oxidation sites excluding steroid dienone is 18. The first-order valence-corrected chi connectivity index (χ1v) is 44.1. The predicted molar refractivity (Wildman–Crippen MR) is 427 cm³/mol. The zero-order valence-electron chi connectivity index (χ0n) is 65.7. The zero-order valence-corrected chi connectivity index (χ0v) is 67.5. The van der Waals surface area contributed by atoms with E-state index in [1.807, 2.05) is 0 Å². The first-order chi connectivity index (χ1) is 50.7. The van der Waals surface area contributed by atoms with E-state index in [0.717, 1.165) is 186 Å². The molecule has 17 nitrogen and oxygen atoms in total. The van der Waals surface area contributed by atoms with Gasteiger partial charge >= 0.3 is 39.5 Å². The number of aliphatic hydroxyl groups excluding tert-OH is 1. The Morgan fingerprint density at radius 2 is 0.500 bits per heavy atom. The van der Waals surface area contributed by atoms with Crippen LogP contribution in [0, 0.1) is 0 Å². The summed E-state index contributed by atoms with van der Waals surface area (Å²) in [6, 6.07) is 0. The minimum absolute atomic E-state index is 0.0707. The van der Waals surface area contributed by atoms with Crippen LogP contribution in [0.25, 0.3) is 0 Å². The third-order valence-corrected chi connectivity index (χ3v) is 19.1. The number of carbonyl (C=O) groups excluding carboxylic acids is 4. The molecule has 0 radical (unpaired) electrons. The van der Waals surface area contributed by atoms with E-state index in [1.165, 1.54) is 83.5 Å². The van der Waals surface area contributed by atoms with Gasteiger partial charge in [-0.05, 0) is 128 Å². The van der Waals surface area contributed by atoms with Crippen molar-refractivity contribution in [2.24, 2.45) is 0 Å². The van der Waals surface area contributed by atoms with Gasteiger partial charge in [0.15, 0.2) is 12.2 Å². The molecule has 0 aliphatic heterocycles. The summed E-state index contributed by atoms with van der Waals surface area (Å²) in [7, 11) is -9.97. The summed E-state index contributed by atoms with van der Waals surface area (Å²) in [6.07, 6.45) is 83.4. The lowest BCUT2D eigenvalue weighted by atomic mass is 10.0. The van der Waals surface area contributed by atoms with E-state index in [1.54, 1.807) is 0 Å². The van der Waals surface area contributed by atoms with Crippen LogP contribution in [-0.4, -0.2) is 96.7 Å². The highest BCUT2D eigenvalue weighted by Gasteiger charge is 2.30. The van der Waals surface area contributed by atoms with Gasteiger partial charge in [0.2, 0.25) is 0 Å². The molecule has 0 aliphatic carbocycles. The maximum absolute atomic E-state index is 13.1. The molecule has 5 unspecified atom stereocenters. The number of rotatable bonds is 77. The quantitative estimate of drug-likeness (QED) is 0.0169. The number of hydrogen-bond donors (Lipinski definition) is 3. The van der Waals surface area contributed by atoms with Crippen LogP contribution in [0.2, 0.25) is 0 Å². The van der Waals surface area contributed by atoms with Crippen molar-refractivity contribution in [3.05, 3.63) is 109 Å². The van der Waals surface area contributed by atoms with Gasteiger partial charge < -0.3 is 33.8 Å². The van der Waals surface area contributed by atoms with Gasteiger partial charge in [0.25, 0.3) is 0 Å². The molecule has 600 valence electrons. The standard InChI is InChI=1S/C85H148O17P2/c1-5-9-13-17-21-25-29-33-37-38-39-40-44-46-50-54-58-62-66-70-83(88)96-76-81(102-85(90)72-68-64-60-56-52-48-43-36-32-28-24-20-16-12-8-4)78-100-104(93,94)98-74-79(86)73-97-103(91,92)99-77-80(101-84(89)71-67-63-59-55-51-47-42-35-31-27-23-19-15-11-7-3)75-95-82(87)69-65-61-57-53-49-45-41-34-30-26-22-18-14-10-6-2/h10-11,14-15,21-23,25-27,33-35,37,39-42,79-81,86H,5-9,12-13,16-20,24,28-32,36,38,43-78H2,1-4H3,(H,91,92)(H,93,94)/b14-10-,15-11-,25-21-,26-22-,27-23-,37-33-,40-39-,41-34-,42-35-. The smallest absolute Gasteiger partial charge is 0.462 e. The lowest BCUT2D eigenvalue weighted by Crippen LogP contribution is -2.30. The van der Waals surface area contributed by atoms with E-state index in [0.29, 0.717) is 25.7 Å². The Morgan fingerprint density at radius 3 is 0.788 bits per heavy atom. The molecule has 5 atom stereocenters. The van der Waals surface area contributed by atoms with Gasteiger partial charge in [0, 0.05) is 25.7 Å². The molecule has 0 saturated carbocycles. The molecule has 0 saturated heterocycles. The fourth-order valence-electron chi connectivity index (χ4n) is 11.0. The van der Waals surface area contributed by atoms with Gasteiger partial charge in [-0.2, -0.15) is 0 Å². The summed E-state index contributed by atoms with van der Waals surface area (Å²) in [4.78, 5) is 73.1. The molecule has 3 N–H and O–H groups in total. The summed E-state index contributed by atoms with van der Waals surface area (Å²) in [5, 5.41) is 10.7. The third kappa shape index (κ3) is 75.9. The van der Waals surface area contributed by atoms with Crippen molar-refractivity contribution in [2.75, 3.05) is 39.6 Å². The average Bonchev–Trinajstić information content (AvgIpc) is 0.912. The van der Waals surface area contributed by atoms with Crippen molar-refractivity contribution in [1.29, 1.82) is 0 Å². The summed E-state index contributed by atoms with van der Waals surface area (Å²) in [6.45, 7) is 4.62. The molecular weight excluding hydrogens is 1350 g/mol. The topological polar surface area (TPSA) is 237 Å². The molecule has 0 aromatic rings. The zero-order chi connectivity index (χ0) is 76.0. The number of phosphoric acid groups is 2. The molecule has 0 fully saturated rings. The number of unbranched alkanes of at least 4 members (excludes halogenated alkanes) is 33. The molecule has 0 aromatic heterocycles. The molecule has 19 heteroatoms. The van der Waals surface area contributed by atoms with Crippen molar-refractivity contribution < 1.29 is 80.2 Å². The van der Waals surface area contributed by atoms with Gasteiger partial charge in [-0.3, -0.25) is 37.3 Å². The first-order valence-electron chi connectivity index (χ1n) is 41.1. The molecule has 0 aliphatic rings. The van der Waals surface area contributed by atoms with Crippen LogP contribution in [0.1, 0.15) is 349 Å². The third-order valence-electron chi connectivity index (χ3n) is 17.2. The van der Waals surface area contributed by atoms with Gasteiger partial charge in [0.05, 0.1) is 26.4 Å². The molecule has 0 heterocycles. The molecule has 0 amide bonds. The maximum Gasteiger partial charge on any atom is 0.472 e. The number of ether oxygens (including phenoxy) is 4. The highest BCUT2D eigenvalue weighted by Crippen LogP contribution is 2.45. The van der Waals surface area contributed by atoms with E-state index in [2.05, 4.69) is 137 Å². The predicted octanol–water partition coefficient (Wildman–Crippen LogP) is 24.1. The van der Waals surface area contributed by atoms with Crippen molar-refractivity contribution in [1.82, 2.24) is 0 Å². The number of aliphatic hydroxyl groups is 1. The summed E-state index contributed by atoms with van der Waals surface area (Å²) < 4.78 is 68.7. The Morgan fingerprint density at radius 1 is 0.279 bits per heavy atom. The fourth-order valence-corrected chi connectivity index (χ4v) is 12.6. The van der Waals surface area contributed by atoms with Crippen LogP contribution >= 0.6 is 15.6 Å².